The van der Waals surface area contributed by atoms with Crippen molar-refractivity contribution >= 4 is 11.6 Å². The summed E-state index contributed by atoms with van der Waals surface area (Å²) in [6, 6.07) is 9.04. The summed E-state index contributed by atoms with van der Waals surface area (Å²) in [6.07, 6.45) is 4.77. The number of fused-ring (bicyclic) bond motifs is 1. The van der Waals surface area contributed by atoms with Crippen molar-refractivity contribution in [3.8, 4) is 0 Å². The van der Waals surface area contributed by atoms with E-state index < -0.39 is 0 Å². The van der Waals surface area contributed by atoms with Crippen LogP contribution in [-0.2, 0) is 11.3 Å². The van der Waals surface area contributed by atoms with E-state index in [1.54, 1.807) is 11.6 Å². The molecular formula is C18H20FN5O. The molecule has 2 aromatic heterocycles. The first kappa shape index (κ1) is 16.0. The fourth-order valence-electron chi connectivity index (χ4n) is 3.62. The largest absolute Gasteiger partial charge is 0.378 e. The molecule has 7 heteroatoms. The number of benzene rings is 1. The first-order chi connectivity index (χ1) is 12.2. The number of hydrogen-bond donors (Lipinski definition) is 1. The van der Waals surface area contributed by atoms with Crippen molar-refractivity contribution in [3.05, 3.63) is 53.7 Å². The van der Waals surface area contributed by atoms with Gasteiger partial charge in [0.2, 0.25) is 0 Å². The smallest absolute Gasteiger partial charge is 0.254 e. The van der Waals surface area contributed by atoms with E-state index in [-0.39, 0.29) is 11.9 Å². The maximum Gasteiger partial charge on any atom is 0.254 e. The molecule has 4 rings (SSSR count). The van der Waals surface area contributed by atoms with Crippen molar-refractivity contribution in [2.24, 2.45) is 0 Å². The van der Waals surface area contributed by atoms with Crippen molar-refractivity contribution in [2.45, 2.75) is 37.8 Å². The third-order valence-corrected chi connectivity index (χ3v) is 4.74. The van der Waals surface area contributed by atoms with E-state index in [0.29, 0.717) is 18.3 Å². The predicted octanol–water partition coefficient (Wildman–Crippen LogP) is 3.16. The molecule has 0 spiro atoms. The Balaban J connectivity index is 1.63. The van der Waals surface area contributed by atoms with Crippen LogP contribution in [0.1, 0.15) is 36.4 Å². The number of nitrogens with zero attached hydrogens (tertiary/aromatic N) is 4. The highest BCUT2D eigenvalue weighted by atomic mass is 19.1. The van der Waals surface area contributed by atoms with Crippen LogP contribution in [0.5, 0.6) is 0 Å². The van der Waals surface area contributed by atoms with Gasteiger partial charge in [0, 0.05) is 25.1 Å². The standard InChI is InChI=1S/C18H20FN5O/c1-25-10-14-9-17(24-18(22-14)20-11-21-24)23-16-4-2-3-15(16)12-5-7-13(19)8-6-12/h5-9,11,15-16,23H,2-4,10H2,1H3. The number of hydrogen-bond acceptors (Lipinski definition) is 5. The van der Waals surface area contributed by atoms with Crippen LogP contribution in [0.15, 0.2) is 36.7 Å². The zero-order valence-electron chi connectivity index (χ0n) is 14.0. The fraction of sp³-hybridized carbons (Fsp3) is 0.389. The molecule has 1 fully saturated rings. The molecule has 0 aliphatic heterocycles. The van der Waals surface area contributed by atoms with Gasteiger partial charge in [0.1, 0.15) is 18.0 Å². The maximum absolute atomic E-state index is 13.2. The topological polar surface area (TPSA) is 64.3 Å². The van der Waals surface area contributed by atoms with Gasteiger partial charge in [0.15, 0.2) is 0 Å². The number of rotatable bonds is 5. The molecule has 0 radical (unpaired) electrons. The Bertz CT molecular complexity index is 864. The summed E-state index contributed by atoms with van der Waals surface area (Å²) in [4.78, 5) is 8.62. The molecule has 3 aromatic rings. The lowest BCUT2D eigenvalue weighted by molar-refractivity contribution is 0.181. The molecule has 1 N–H and O–H groups in total. The van der Waals surface area contributed by atoms with E-state index in [1.165, 1.54) is 18.5 Å². The van der Waals surface area contributed by atoms with Gasteiger partial charge in [0.25, 0.3) is 5.78 Å². The van der Waals surface area contributed by atoms with Crippen molar-refractivity contribution in [1.82, 2.24) is 19.6 Å². The Labute approximate surface area is 145 Å². The van der Waals surface area contributed by atoms with Crippen LogP contribution in [0.25, 0.3) is 5.78 Å². The molecule has 0 amide bonds. The predicted molar refractivity (Wildman–Crippen MR) is 91.9 cm³/mol. The second-order valence-electron chi connectivity index (χ2n) is 6.38. The van der Waals surface area contributed by atoms with Crippen LogP contribution in [0.3, 0.4) is 0 Å². The number of aromatic nitrogens is 4. The lowest BCUT2D eigenvalue weighted by atomic mass is 9.94. The monoisotopic (exact) mass is 341 g/mol. The summed E-state index contributed by atoms with van der Waals surface area (Å²) < 4.78 is 20.1. The minimum Gasteiger partial charge on any atom is -0.378 e. The first-order valence-electron chi connectivity index (χ1n) is 8.45. The van der Waals surface area contributed by atoms with Gasteiger partial charge in [-0.2, -0.15) is 14.6 Å². The van der Waals surface area contributed by atoms with Crippen LogP contribution >= 0.6 is 0 Å². The lowest BCUT2D eigenvalue weighted by Crippen LogP contribution is -2.24. The highest BCUT2D eigenvalue weighted by molar-refractivity contribution is 5.46. The van der Waals surface area contributed by atoms with E-state index >= 15 is 0 Å². The lowest BCUT2D eigenvalue weighted by Gasteiger charge is -2.23. The van der Waals surface area contributed by atoms with Crippen LogP contribution in [0.4, 0.5) is 10.2 Å². The van der Waals surface area contributed by atoms with Crippen molar-refractivity contribution < 1.29 is 9.13 Å². The normalized spacial score (nSPS) is 20.2. The van der Waals surface area contributed by atoms with E-state index in [4.69, 9.17) is 4.74 Å². The molecule has 1 aromatic carbocycles. The zero-order valence-corrected chi connectivity index (χ0v) is 14.0. The van der Waals surface area contributed by atoms with Crippen molar-refractivity contribution in [2.75, 3.05) is 12.4 Å². The van der Waals surface area contributed by atoms with Crippen molar-refractivity contribution in [1.29, 1.82) is 0 Å². The Morgan fingerprint density at radius 3 is 2.92 bits per heavy atom. The van der Waals surface area contributed by atoms with Gasteiger partial charge in [-0.3, -0.25) is 0 Å². The SMILES string of the molecule is COCc1cc(NC2CCCC2c2ccc(F)cc2)n2ncnc2n1. The Morgan fingerprint density at radius 2 is 2.12 bits per heavy atom. The molecule has 6 nitrogen and oxygen atoms in total. The van der Waals surface area contributed by atoms with Crippen molar-refractivity contribution in [3.63, 3.8) is 0 Å². The number of anilines is 1. The minimum absolute atomic E-state index is 0.200. The van der Waals surface area contributed by atoms with Crippen LogP contribution in [0.2, 0.25) is 0 Å². The average molecular weight is 341 g/mol. The maximum atomic E-state index is 13.2. The van der Waals surface area contributed by atoms with Gasteiger partial charge >= 0.3 is 0 Å². The molecule has 2 atom stereocenters. The Hall–Kier alpha value is -2.54. The first-order valence-corrected chi connectivity index (χ1v) is 8.45. The van der Waals surface area contributed by atoms with Gasteiger partial charge in [-0.15, -0.1) is 0 Å². The Kier molecular flexibility index (Phi) is 4.31. The third-order valence-electron chi connectivity index (χ3n) is 4.74. The molecule has 2 heterocycles. The minimum atomic E-state index is -0.200. The van der Waals surface area contributed by atoms with Gasteiger partial charge in [-0.25, -0.2) is 9.37 Å². The number of ether oxygens (including phenoxy) is 1. The molecular weight excluding hydrogens is 321 g/mol. The van der Waals surface area contributed by atoms with E-state index in [2.05, 4.69) is 20.4 Å². The molecule has 130 valence electrons. The summed E-state index contributed by atoms with van der Waals surface area (Å²) >= 11 is 0. The number of halogens is 1. The second-order valence-corrected chi connectivity index (χ2v) is 6.38. The molecule has 1 aliphatic rings. The molecule has 0 bridgehead atoms. The summed E-state index contributed by atoms with van der Waals surface area (Å²) in [5.74, 6) is 1.55. The molecule has 1 saturated carbocycles. The summed E-state index contributed by atoms with van der Waals surface area (Å²) in [6.45, 7) is 0.421. The molecule has 25 heavy (non-hydrogen) atoms. The second kappa shape index (κ2) is 6.76. The summed E-state index contributed by atoms with van der Waals surface area (Å²) in [7, 11) is 1.64. The highest BCUT2D eigenvalue weighted by Gasteiger charge is 2.29. The van der Waals surface area contributed by atoms with Crippen LogP contribution < -0.4 is 5.32 Å². The van der Waals surface area contributed by atoms with Crippen LogP contribution in [0, 0.1) is 5.82 Å². The quantitative estimate of drug-likeness (QED) is 0.772. The van der Waals surface area contributed by atoms with Gasteiger partial charge < -0.3 is 10.1 Å². The molecule has 0 saturated heterocycles. The van der Waals surface area contributed by atoms with E-state index in [9.17, 15) is 4.39 Å². The van der Waals surface area contributed by atoms with Crippen LogP contribution in [-0.4, -0.2) is 32.7 Å². The van der Waals surface area contributed by atoms with E-state index in [1.807, 2.05) is 18.2 Å². The highest BCUT2D eigenvalue weighted by Crippen LogP contribution is 2.36. The van der Waals surface area contributed by atoms with Gasteiger partial charge in [0.05, 0.1) is 12.3 Å². The third kappa shape index (κ3) is 3.19. The molecule has 2 unspecified atom stereocenters. The number of nitrogens with one attached hydrogen (secondary N) is 1. The molecule has 1 aliphatic carbocycles. The average Bonchev–Trinajstić information content (AvgIpc) is 3.25. The summed E-state index contributed by atoms with van der Waals surface area (Å²) in [5.41, 5.74) is 1.97. The Morgan fingerprint density at radius 1 is 1.28 bits per heavy atom. The van der Waals surface area contributed by atoms with E-state index in [0.717, 1.165) is 36.3 Å². The fourth-order valence-corrected chi connectivity index (χ4v) is 3.62. The van der Waals surface area contributed by atoms with Gasteiger partial charge in [-0.1, -0.05) is 18.6 Å². The zero-order chi connectivity index (χ0) is 17.2. The number of methoxy groups -OCH3 is 1. The van der Waals surface area contributed by atoms with Gasteiger partial charge in [-0.05, 0) is 30.5 Å². The summed E-state index contributed by atoms with van der Waals surface area (Å²) in [5, 5.41) is 7.86.